The maximum absolute atomic E-state index is 12.8. The van der Waals surface area contributed by atoms with E-state index in [2.05, 4.69) is 45.7 Å². The largest absolute Gasteiger partial charge is 0.435 e. The molecule has 5 nitrogen and oxygen atoms in total. The third-order valence-corrected chi connectivity index (χ3v) is 9.80. The number of hydrogen-bond acceptors (Lipinski definition) is 4. The Bertz CT molecular complexity index is 981. The second kappa shape index (κ2) is 8.18. The molecule has 1 amide bonds. The number of carbonyl (C=O) groups excluding carboxylic acids is 2. The van der Waals surface area contributed by atoms with Gasteiger partial charge in [-0.25, -0.2) is 0 Å². The molecule has 2 fully saturated rings. The minimum absolute atomic E-state index is 0.0666. The third-order valence-electron chi connectivity index (χ3n) is 9.80. The Labute approximate surface area is 201 Å². The highest BCUT2D eigenvalue weighted by molar-refractivity contribution is 6.72. The van der Waals surface area contributed by atoms with Crippen molar-refractivity contribution in [1.82, 2.24) is 9.80 Å². The summed E-state index contributed by atoms with van der Waals surface area (Å²) in [5.41, 5.74) is 3.60. The second-order valence-corrected chi connectivity index (χ2v) is 11.2. The molecule has 33 heavy (non-hydrogen) atoms. The van der Waals surface area contributed by atoms with E-state index in [0.29, 0.717) is 11.8 Å². The van der Waals surface area contributed by atoms with Crippen molar-refractivity contribution >= 4 is 26.2 Å². The summed E-state index contributed by atoms with van der Waals surface area (Å²) in [4.78, 5) is 29.5. The van der Waals surface area contributed by atoms with Gasteiger partial charge in [-0.3, -0.25) is 9.59 Å². The van der Waals surface area contributed by atoms with Crippen LogP contribution in [0.2, 0.25) is 13.6 Å². The lowest BCUT2D eigenvalue weighted by molar-refractivity contribution is -0.156. The number of amides is 1. The Kier molecular flexibility index (Phi) is 6.04. The molecule has 4 rings (SSSR count). The van der Waals surface area contributed by atoms with Crippen LogP contribution in [-0.4, -0.2) is 68.8 Å². The summed E-state index contributed by atoms with van der Waals surface area (Å²) in [5.74, 6) is 0.432. The number of carbonyl (C=O) groups is 2. The number of piperidine rings is 1. The zero-order chi connectivity index (χ0) is 24.3. The Hall–Kier alpha value is -1.75. The molecule has 1 heterocycles. The molecule has 3 aliphatic rings. The predicted molar refractivity (Wildman–Crippen MR) is 135 cm³/mol. The maximum Gasteiger partial charge on any atom is 0.258 e. The zero-order valence-electron chi connectivity index (χ0n) is 21.6. The first-order chi connectivity index (χ1) is 15.5. The Morgan fingerprint density at radius 3 is 2.48 bits per heavy atom. The number of hydrogen-bond donors (Lipinski definition) is 0. The van der Waals surface area contributed by atoms with Crippen LogP contribution in [0.1, 0.15) is 56.7 Å². The molecule has 1 aromatic carbocycles. The van der Waals surface area contributed by atoms with Crippen molar-refractivity contribution in [3.8, 4) is 5.75 Å². The van der Waals surface area contributed by atoms with Crippen LogP contribution in [-0.2, 0) is 11.8 Å². The maximum atomic E-state index is 12.8. The van der Waals surface area contributed by atoms with Crippen molar-refractivity contribution in [2.45, 2.75) is 84.5 Å². The molecule has 0 spiro atoms. The summed E-state index contributed by atoms with van der Waals surface area (Å²) < 4.78 is 5.75. The van der Waals surface area contributed by atoms with E-state index in [4.69, 9.17) is 4.74 Å². The van der Waals surface area contributed by atoms with Crippen LogP contribution in [0.4, 0.5) is 9.59 Å². The number of likely N-dealkylation sites (N-methyl/N-ethyl adjacent to an activating group) is 1. The second-order valence-electron chi connectivity index (χ2n) is 11.2. The zero-order valence-corrected chi connectivity index (χ0v) is 21.6. The lowest BCUT2D eigenvalue weighted by Crippen LogP contribution is -2.75. The van der Waals surface area contributed by atoms with Gasteiger partial charge in [-0.05, 0) is 79.8 Å². The lowest BCUT2D eigenvalue weighted by Gasteiger charge is -2.72. The van der Waals surface area contributed by atoms with Gasteiger partial charge in [0.1, 0.15) is 5.75 Å². The molecule has 1 aliphatic heterocycles. The predicted octanol–water partition coefficient (Wildman–Crippen LogP) is 4.74. The van der Waals surface area contributed by atoms with Crippen molar-refractivity contribution in [3.63, 3.8) is 0 Å². The van der Waals surface area contributed by atoms with Crippen molar-refractivity contribution in [2.75, 3.05) is 20.6 Å². The Morgan fingerprint density at radius 2 is 1.85 bits per heavy atom. The third kappa shape index (κ3) is 3.17. The van der Waals surface area contributed by atoms with Gasteiger partial charge in [-0.15, -0.1) is 0 Å². The molecular formula is C26H38B2N2O3. The minimum atomic E-state index is -0.319. The standard InChI is InChI=1S/C26H38B2N2O3/c1-16-18(33-23(32)28-6)10-9-17-15-20-25(4)12-11-19(30(8)22(31)27-5)24(2,3)26(25,21(16)17)13-14-29(20)7/h9-10,19-20H,11-15H2,1-8H3/t19?,20-,25?,26-/m0/s1. The van der Waals surface area contributed by atoms with Crippen molar-refractivity contribution < 1.29 is 14.3 Å². The van der Waals surface area contributed by atoms with Gasteiger partial charge in [0.2, 0.25) is 13.1 Å². The van der Waals surface area contributed by atoms with Gasteiger partial charge in [-0.2, -0.15) is 0 Å². The molecule has 2 radical (unpaired) electrons. The summed E-state index contributed by atoms with van der Waals surface area (Å²) in [6, 6.07) is 4.75. The fourth-order valence-corrected chi connectivity index (χ4v) is 8.22. The van der Waals surface area contributed by atoms with Crippen LogP contribution < -0.4 is 4.74 Å². The fourth-order valence-electron chi connectivity index (χ4n) is 8.22. The molecule has 176 valence electrons. The van der Waals surface area contributed by atoms with E-state index >= 15 is 0 Å². The Morgan fingerprint density at radius 1 is 1.15 bits per heavy atom. The van der Waals surface area contributed by atoms with Crippen molar-refractivity contribution in [2.24, 2.45) is 10.8 Å². The summed E-state index contributed by atoms with van der Waals surface area (Å²) in [6.07, 6.45) is 4.11. The summed E-state index contributed by atoms with van der Waals surface area (Å²) >= 11 is 0. The normalized spacial score (nSPS) is 32.2. The van der Waals surface area contributed by atoms with Gasteiger partial charge in [0.25, 0.3) is 7.28 Å². The molecule has 7 heteroatoms. The lowest BCUT2D eigenvalue weighted by atomic mass is 9.36. The van der Waals surface area contributed by atoms with E-state index in [-0.39, 0.29) is 34.0 Å². The van der Waals surface area contributed by atoms with E-state index in [1.165, 1.54) is 18.4 Å². The van der Waals surface area contributed by atoms with Crippen LogP contribution in [0.25, 0.3) is 0 Å². The molecular weight excluding hydrogens is 410 g/mol. The fraction of sp³-hybridized carbons (Fsp3) is 0.692. The highest BCUT2D eigenvalue weighted by Crippen LogP contribution is 2.70. The minimum Gasteiger partial charge on any atom is -0.435 e. The number of likely N-dealkylation sites (tertiary alicyclic amines) is 1. The first kappa shape index (κ1) is 24.4. The number of benzene rings is 1. The van der Waals surface area contributed by atoms with Gasteiger partial charge < -0.3 is 14.5 Å². The molecule has 1 saturated heterocycles. The van der Waals surface area contributed by atoms with Crippen molar-refractivity contribution in [3.05, 3.63) is 28.8 Å². The average Bonchev–Trinajstić information content (AvgIpc) is 2.77. The quantitative estimate of drug-likeness (QED) is 0.625. The first-order valence-corrected chi connectivity index (χ1v) is 12.4. The van der Waals surface area contributed by atoms with Gasteiger partial charge in [0, 0.05) is 24.5 Å². The molecule has 0 N–H and O–H groups in total. The highest BCUT2D eigenvalue weighted by Gasteiger charge is 2.70. The van der Waals surface area contributed by atoms with Crippen LogP contribution in [0, 0.1) is 17.8 Å². The molecule has 1 aromatic rings. The first-order valence-electron chi connectivity index (χ1n) is 12.4. The average molecular weight is 448 g/mol. The number of nitrogens with zero attached hydrogens (tertiary/aromatic N) is 2. The van der Waals surface area contributed by atoms with Crippen LogP contribution >= 0.6 is 0 Å². The Balaban J connectivity index is 1.97. The van der Waals surface area contributed by atoms with Crippen LogP contribution in [0.15, 0.2) is 12.1 Å². The summed E-state index contributed by atoms with van der Waals surface area (Å²) in [6.45, 7) is 13.9. The molecule has 2 bridgehead atoms. The summed E-state index contributed by atoms with van der Waals surface area (Å²) in [5, 5.41) is 0. The number of ether oxygens (including phenoxy) is 1. The number of rotatable bonds is 4. The molecule has 2 aliphatic carbocycles. The van der Waals surface area contributed by atoms with E-state index < -0.39 is 0 Å². The molecule has 2 unspecified atom stereocenters. The topological polar surface area (TPSA) is 49.9 Å². The monoisotopic (exact) mass is 448 g/mol. The molecule has 0 aromatic heterocycles. The van der Waals surface area contributed by atoms with E-state index in [0.717, 1.165) is 37.8 Å². The van der Waals surface area contributed by atoms with Gasteiger partial charge in [-0.1, -0.05) is 40.5 Å². The molecule has 1 saturated carbocycles. The van der Waals surface area contributed by atoms with Gasteiger partial charge >= 0.3 is 0 Å². The molecule has 4 atom stereocenters. The van der Waals surface area contributed by atoms with E-state index in [1.807, 2.05) is 24.8 Å². The SMILES string of the molecule is C[B]C(=O)Oc1ccc2c(c1C)[C@]13CCN(C)[C@@H](C2)C1(C)CCC(N(C)C(=O)[B]C)C3(C)C. The van der Waals surface area contributed by atoms with E-state index in [9.17, 15) is 9.59 Å². The number of fused-ring (bicyclic) bond motifs is 1. The van der Waals surface area contributed by atoms with Crippen LogP contribution in [0.3, 0.4) is 0 Å². The smallest absolute Gasteiger partial charge is 0.258 e. The van der Waals surface area contributed by atoms with E-state index in [1.54, 1.807) is 14.1 Å². The van der Waals surface area contributed by atoms with Crippen LogP contribution in [0.5, 0.6) is 5.75 Å². The van der Waals surface area contributed by atoms with Gasteiger partial charge in [0.15, 0.2) is 5.81 Å². The van der Waals surface area contributed by atoms with Gasteiger partial charge in [0.05, 0.1) is 0 Å². The highest BCUT2D eigenvalue weighted by atomic mass is 16.5. The van der Waals surface area contributed by atoms with Crippen molar-refractivity contribution in [1.29, 1.82) is 0 Å². The summed E-state index contributed by atoms with van der Waals surface area (Å²) in [7, 11) is 7.38.